The van der Waals surface area contributed by atoms with E-state index in [1.807, 2.05) is 0 Å². The SMILES string of the molecule is c1ccc2c(c1)ccc1ccc([C]3CCCCC3)cc12. The third kappa shape index (κ3) is 2.00. The molecule has 1 fully saturated rings. The summed E-state index contributed by atoms with van der Waals surface area (Å²) < 4.78 is 0. The summed E-state index contributed by atoms with van der Waals surface area (Å²) in [6, 6.07) is 20.2. The Balaban J connectivity index is 1.90. The number of hydrogen-bond acceptors (Lipinski definition) is 0. The molecule has 4 rings (SSSR count). The van der Waals surface area contributed by atoms with E-state index in [1.54, 1.807) is 5.92 Å². The molecular weight excluding hydrogens is 240 g/mol. The molecule has 20 heavy (non-hydrogen) atoms. The van der Waals surface area contributed by atoms with Crippen molar-refractivity contribution >= 4 is 21.5 Å². The fourth-order valence-electron chi connectivity index (χ4n) is 3.49. The highest BCUT2D eigenvalue weighted by molar-refractivity contribution is 6.07. The van der Waals surface area contributed by atoms with E-state index in [0.717, 1.165) is 0 Å². The lowest BCUT2D eigenvalue weighted by Gasteiger charge is -2.21. The fourth-order valence-corrected chi connectivity index (χ4v) is 3.49. The van der Waals surface area contributed by atoms with Crippen LogP contribution >= 0.6 is 0 Å². The summed E-state index contributed by atoms with van der Waals surface area (Å²) in [6.45, 7) is 0. The second-order valence-electron chi connectivity index (χ2n) is 5.89. The number of rotatable bonds is 1. The maximum absolute atomic E-state index is 2.42. The van der Waals surface area contributed by atoms with Gasteiger partial charge >= 0.3 is 0 Å². The van der Waals surface area contributed by atoms with Gasteiger partial charge in [-0.25, -0.2) is 0 Å². The van der Waals surface area contributed by atoms with Crippen LogP contribution in [0.15, 0.2) is 54.6 Å². The first-order valence-corrected chi connectivity index (χ1v) is 7.68. The Labute approximate surface area is 120 Å². The van der Waals surface area contributed by atoms with Crippen LogP contribution in [0.2, 0.25) is 0 Å². The minimum Gasteiger partial charge on any atom is -0.0616 e. The van der Waals surface area contributed by atoms with E-state index in [1.165, 1.54) is 59.2 Å². The van der Waals surface area contributed by atoms with Crippen LogP contribution in [0.5, 0.6) is 0 Å². The fraction of sp³-hybridized carbons (Fsp3) is 0.250. The van der Waals surface area contributed by atoms with Crippen LogP contribution < -0.4 is 0 Å². The van der Waals surface area contributed by atoms with E-state index >= 15 is 0 Å². The lowest BCUT2D eigenvalue weighted by atomic mass is 9.83. The van der Waals surface area contributed by atoms with Crippen molar-refractivity contribution in [2.75, 3.05) is 0 Å². The normalized spacial score (nSPS) is 16.8. The lowest BCUT2D eigenvalue weighted by Crippen LogP contribution is -2.05. The molecule has 0 nitrogen and oxygen atoms in total. The number of fused-ring (bicyclic) bond motifs is 3. The van der Waals surface area contributed by atoms with E-state index in [9.17, 15) is 0 Å². The number of benzene rings is 3. The van der Waals surface area contributed by atoms with Crippen LogP contribution in [0, 0.1) is 5.92 Å². The highest BCUT2D eigenvalue weighted by atomic mass is 14.2. The van der Waals surface area contributed by atoms with Gasteiger partial charge < -0.3 is 0 Å². The maximum Gasteiger partial charge on any atom is 0.00500 e. The average molecular weight is 259 g/mol. The van der Waals surface area contributed by atoms with Crippen molar-refractivity contribution in [2.45, 2.75) is 32.1 Å². The molecule has 0 bridgehead atoms. The topological polar surface area (TPSA) is 0 Å². The zero-order valence-corrected chi connectivity index (χ0v) is 11.7. The zero-order valence-electron chi connectivity index (χ0n) is 11.7. The molecule has 1 aliphatic carbocycles. The van der Waals surface area contributed by atoms with Crippen molar-refractivity contribution in [2.24, 2.45) is 0 Å². The molecule has 0 amide bonds. The Kier molecular flexibility index (Phi) is 2.95. The molecule has 3 aromatic carbocycles. The first-order chi connectivity index (χ1) is 9.92. The molecule has 0 N–H and O–H groups in total. The summed E-state index contributed by atoms with van der Waals surface area (Å²) in [5.41, 5.74) is 1.47. The quantitative estimate of drug-likeness (QED) is 0.479. The Morgan fingerprint density at radius 3 is 2.15 bits per heavy atom. The average Bonchev–Trinajstić information content (AvgIpc) is 2.55. The van der Waals surface area contributed by atoms with Gasteiger partial charge in [0, 0.05) is 5.92 Å². The third-order valence-corrected chi connectivity index (χ3v) is 4.61. The monoisotopic (exact) mass is 259 g/mol. The molecule has 0 aliphatic heterocycles. The van der Waals surface area contributed by atoms with Crippen molar-refractivity contribution in [3.05, 3.63) is 66.1 Å². The van der Waals surface area contributed by atoms with Gasteiger partial charge in [-0.05, 0) is 46.0 Å². The summed E-state index contributed by atoms with van der Waals surface area (Å²) in [4.78, 5) is 0. The minimum absolute atomic E-state index is 1.29. The third-order valence-electron chi connectivity index (χ3n) is 4.61. The molecule has 3 aromatic rings. The van der Waals surface area contributed by atoms with Gasteiger partial charge in [0.15, 0.2) is 0 Å². The molecule has 0 aromatic heterocycles. The highest BCUT2D eigenvalue weighted by Crippen LogP contribution is 2.34. The van der Waals surface area contributed by atoms with Gasteiger partial charge in [-0.1, -0.05) is 67.8 Å². The summed E-state index contributed by atoms with van der Waals surface area (Å²) in [5, 5.41) is 5.47. The van der Waals surface area contributed by atoms with Crippen molar-refractivity contribution in [1.29, 1.82) is 0 Å². The highest BCUT2D eigenvalue weighted by Gasteiger charge is 2.16. The van der Waals surface area contributed by atoms with Crippen LogP contribution in [0.4, 0.5) is 0 Å². The molecule has 0 unspecified atom stereocenters. The van der Waals surface area contributed by atoms with Gasteiger partial charge in [0.1, 0.15) is 0 Å². The second-order valence-corrected chi connectivity index (χ2v) is 5.89. The van der Waals surface area contributed by atoms with Crippen molar-refractivity contribution in [3.63, 3.8) is 0 Å². The van der Waals surface area contributed by atoms with Gasteiger partial charge in [0.05, 0.1) is 0 Å². The molecule has 0 heteroatoms. The van der Waals surface area contributed by atoms with E-state index in [-0.39, 0.29) is 0 Å². The molecular formula is C20H19. The predicted octanol–water partition coefficient (Wildman–Crippen LogP) is 5.88. The molecule has 0 heterocycles. The van der Waals surface area contributed by atoms with Gasteiger partial charge in [0.25, 0.3) is 0 Å². The first kappa shape index (κ1) is 12.0. The minimum atomic E-state index is 1.29. The Morgan fingerprint density at radius 1 is 0.600 bits per heavy atom. The Bertz CT molecular complexity index is 748. The van der Waals surface area contributed by atoms with Gasteiger partial charge in [0.2, 0.25) is 0 Å². The zero-order chi connectivity index (χ0) is 13.4. The molecule has 0 saturated heterocycles. The van der Waals surface area contributed by atoms with Crippen molar-refractivity contribution < 1.29 is 0 Å². The molecule has 1 radical (unpaired) electrons. The van der Waals surface area contributed by atoms with Crippen molar-refractivity contribution in [1.82, 2.24) is 0 Å². The van der Waals surface area contributed by atoms with E-state index < -0.39 is 0 Å². The molecule has 1 saturated carbocycles. The van der Waals surface area contributed by atoms with E-state index in [2.05, 4.69) is 54.6 Å². The Morgan fingerprint density at radius 2 is 1.30 bits per heavy atom. The standard InChI is InChI=1S/C20H19/c1-2-6-15(7-3-1)18-13-12-17-11-10-16-8-4-5-9-19(16)20(17)14-18/h4-5,8-14H,1-3,6-7H2. The largest absolute Gasteiger partial charge is 0.0616 e. The Hall–Kier alpha value is -1.82. The molecule has 1 aliphatic rings. The van der Waals surface area contributed by atoms with E-state index in [4.69, 9.17) is 0 Å². The molecule has 0 atom stereocenters. The summed E-state index contributed by atoms with van der Waals surface area (Å²) in [7, 11) is 0. The van der Waals surface area contributed by atoms with Crippen molar-refractivity contribution in [3.8, 4) is 0 Å². The molecule has 0 spiro atoms. The van der Waals surface area contributed by atoms with Crippen LogP contribution in [-0.2, 0) is 0 Å². The van der Waals surface area contributed by atoms with Gasteiger partial charge in [-0.15, -0.1) is 0 Å². The van der Waals surface area contributed by atoms with Crippen LogP contribution in [0.1, 0.15) is 37.7 Å². The van der Waals surface area contributed by atoms with E-state index in [0.29, 0.717) is 0 Å². The number of hydrogen-bond donors (Lipinski definition) is 0. The second kappa shape index (κ2) is 4.94. The maximum atomic E-state index is 2.42. The summed E-state index contributed by atoms with van der Waals surface area (Å²) >= 11 is 0. The molecule has 99 valence electrons. The first-order valence-electron chi connectivity index (χ1n) is 7.68. The van der Waals surface area contributed by atoms with Crippen LogP contribution in [0.3, 0.4) is 0 Å². The predicted molar refractivity (Wildman–Crippen MR) is 86.9 cm³/mol. The van der Waals surface area contributed by atoms with Crippen LogP contribution in [-0.4, -0.2) is 0 Å². The van der Waals surface area contributed by atoms with Gasteiger partial charge in [-0.3, -0.25) is 0 Å². The smallest absolute Gasteiger partial charge is 0.00500 e. The summed E-state index contributed by atoms with van der Waals surface area (Å²) in [5.74, 6) is 1.66. The lowest BCUT2D eigenvalue weighted by molar-refractivity contribution is 0.551. The van der Waals surface area contributed by atoms with Gasteiger partial charge in [-0.2, -0.15) is 0 Å². The summed E-state index contributed by atoms with van der Waals surface area (Å²) in [6.07, 6.45) is 6.71. The van der Waals surface area contributed by atoms with Crippen LogP contribution in [0.25, 0.3) is 21.5 Å².